The molecule has 8 heteroatoms. The Morgan fingerprint density at radius 2 is 1.95 bits per heavy atom. The van der Waals surface area contributed by atoms with Crippen LogP contribution in [0.5, 0.6) is 0 Å². The molecular weight excluding hydrogens is 294 g/mol. The Labute approximate surface area is 124 Å². The van der Waals surface area contributed by atoms with Crippen molar-refractivity contribution in [3.8, 4) is 0 Å². The number of hydrogen-bond donors (Lipinski definition) is 0. The van der Waals surface area contributed by atoms with E-state index in [1.165, 1.54) is 11.4 Å². The van der Waals surface area contributed by atoms with Crippen LogP contribution < -0.4 is 0 Å². The van der Waals surface area contributed by atoms with E-state index in [1.807, 2.05) is 6.92 Å². The number of nitrogens with zero attached hydrogens (tertiary/aromatic N) is 3. The van der Waals surface area contributed by atoms with E-state index in [2.05, 4.69) is 5.10 Å². The van der Waals surface area contributed by atoms with Crippen molar-refractivity contribution in [1.29, 1.82) is 0 Å². The Kier molecular flexibility index (Phi) is 4.12. The number of rotatable bonds is 3. The molecule has 2 rings (SSSR count). The summed E-state index contributed by atoms with van der Waals surface area (Å²) in [5, 5.41) is 4.16. The molecule has 118 valence electrons. The lowest BCUT2D eigenvalue weighted by molar-refractivity contribution is -0.145. The average Bonchev–Trinajstić information content (AvgIpc) is 2.90. The average molecular weight is 315 g/mol. The Hall–Kier alpha value is -1.41. The third-order valence-corrected chi connectivity index (χ3v) is 6.21. The van der Waals surface area contributed by atoms with E-state index in [4.69, 9.17) is 4.74 Å². The third kappa shape index (κ3) is 2.57. The van der Waals surface area contributed by atoms with Crippen molar-refractivity contribution in [3.63, 3.8) is 0 Å². The van der Waals surface area contributed by atoms with Crippen molar-refractivity contribution < 1.29 is 17.9 Å². The molecule has 0 spiro atoms. The molecule has 2 atom stereocenters. The van der Waals surface area contributed by atoms with Gasteiger partial charge in [-0.3, -0.25) is 9.48 Å². The first-order valence-electron chi connectivity index (χ1n) is 6.78. The number of hydrogen-bond acceptors (Lipinski definition) is 5. The molecule has 1 saturated heterocycles. The SMILES string of the molecule is COC(=O)C1CN(S(=O)(=O)c2c(C)nn(C)c2C)CC1C. The molecule has 0 aromatic carbocycles. The molecule has 0 aliphatic carbocycles. The van der Waals surface area contributed by atoms with Gasteiger partial charge in [-0.05, 0) is 19.8 Å². The Bertz CT molecular complexity index is 665. The van der Waals surface area contributed by atoms with Gasteiger partial charge in [0.1, 0.15) is 4.90 Å². The van der Waals surface area contributed by atoms with E-state index in [0.29, 0.717) is 17.9 Å². The van der Waals surface area contributed by atoms with Gasteiger partial charge in [0.25, 0.3) is 0 Å². The number of carbonyl (C=O) groups excluding carboxylic acids is 1. The summed E-state index contributed by atoms with van der Waals surface area (Å²) in [5.41, 5.74) is 1.07. The maximum atomic E-state index is 12.8. The first kappa shape index (κ1) is 16.0. The third-order valence-electron chi connectivity index (χ3n) is 4.12. The van der Waals surface area contributed by atoms with Crippen LogP contribution in [0.3, 0.4) is 0 Å². The van der Waals surface area contributed by atoms with Crippen LogP contribution in [0.2, 0.25) is 0 Å². The largest absolute Gasteiger partial charge is 0.469 e. The summed E-state index contributed by atoms with van der Waals surface area (Å²) in [6.07, 6.45) is 0. The summed E-state index contributed by atoms with van der Waals surface area (Å²) in [6, 6.07) is 0. The van der Waals surface area contributed by atoms with Crippen LogP contribution in [0, 0.1) is 25.7 Å². The van der Waals surface area contributed by atoms with E-state index >= 15 is 0 Å². The van der Waals surface area contributed by atoms with E-state index < -0.39 is 15.9 Å². The second kappa shape index (κ2) is 5.42. The molecule has 0 N–H and O–H groups in total. The fourth-order valence-electron chi connectivity index (χ4n) is 2.83. The maximum absolute atomic E-state index is 12.8. The molecule has 1 fully saturated rings. The molecule has 7 nitrogen and oxygen atoms in total. The summed E-state index contributed by atoms with van der Waals surface area (Å²) < 4.78 is 33.3. The van der Waals surface area contributed by atoms with Crippen LogP contribution >= 0.6 is 0 Å². The topological polar surface area (TPSA) is 81.5 Å². The second-order valence-corrected chi connectivity index (χ2v) is 7.43. The van der Waals surface area contributed by atoms with Crippen LogP contribution in [0.4, 0.5) is 0 Å². The van der Waals surface area contributed by atoms with Crippen molar-refractivity contribution in [3.05, 3.63) is 11.4 Å². The molecule has 21 heavy (non-hydrogen) atoms. The minimum absolute atomic E-state index is 0.0653. The molecule has 0 radical (unpaired) electrons. The lowest BCUT2D eigenvalue weighted by Crippen LogP contribution is -2.31. The number of carbonyl (C=O) groups is 1. The van der Waals surface area contributed by atoms with Gasteiger partial charge in [0, 0.05) is 20.1 Å². The predicted octanol–water partition coefficient (Wildman–Crippen LogP) is 0.467. The zero-order chi connectivity index (χ0) is 15.9. The molecular formula is C13H21N3O4S. The van der Waals surface area contributed by atoms with Crippen molar-refractivity contribution in [2.45, 2.75) is 25.7 Å². The lowest BCUT2D eigenvalue weighted by atomic mass is 9.99. The predicted molar refractivity (Wildman–Crippen MR) is 76.1 cm³/mol. The first-order valence-corrected chi connectivity index (χ1v) is 8.22. The van der Waals surface area contributed by atoms with E-state index in [0.717, 1.165) is 0 Å². The summed E-state index contributed by atoms with van der Waals surface area (Å²) >= 11 is 0. The number of aromatic nitrogens is 2. The van der Waals surface area contributed by atoms with Crippen molar-refractivity contribution in [2.24, 2.45) is 18.9 Å². The quantitative estimate of drug-likeness (QED) is 0.757. The molecule has 1 aromatic heterocycles. The summed E-state index contributed by atoms with van der Waals surface area (Å²) in [6.45, 7) is 5.74. The Morgan fingerprint density at radius 1 is 1.33 bits per heavy atom. The normalized spacial score (nSPS) is 23.5. The van der Waals surface area contributed by atoms with Crippen LogP contribution in [-0.4, -0.2) is 48.7 Å². The van der Waals surface area contributed by atoms with Crippen LogP contribution in [0.25, 0.3) is 0 Å². The van der Waals surface area contributed by atoms with Gasteiger partial charge in [0.05, 0.1) is 24.4 Å². The molecule has 1 aliphatic heterocycles. The van der Waals surface area contributed by atoms with E-state index in [9.17, 15) is 13.2 Å². The monoisotopic (exact) mass is 315 g/mol. The zero-order valence-corrected chi connectivity index (χ0v) is 13.8. The minimum Gasteiger partial charge on any atom is -0.469 e. The van der Waals surface area contributed by atoms with Gasteiger partial charge in [0.15, 0.2) is 0 Å². The van der Waals surface area contributed by atoms with Crippen LogP contribution in [0.15, 0.2) is 4.90 Å². The van der Waals surface area contributed by atoms with Gasteiger partial charge in [-0.15, -0.1) is 0 Å². The van der Waals surface area contributed by atoms with E-state index in [-0.39, 0.29) is 23.3 Å². The van der Waals surface area contributed by atoms with Gasteiger partial charge in [-0.1, -0.05) is 6.92 Å². The number of methoxy groups -OCH3 is 1. The standard InChI is InChI=1S/C13H21N3O4S/c1-8-6-16(7-11(8)13(17)20-5)21(18,19)12-9(2)14-15(4)10(12)3/h8,11H,6-7H2,1-5H3. The Balaban J connectivity index is 2.36. The molecule has 2 heterocycles. The number of esters is 1. The minimum atomic E-state index is -3.64. The lowest BCUT2D eigenvalue weighted by Gasteiger charge is -2.16. The highest BCUT2D eigenvalue weighted by atomic mass is 32.2. The first-order chi connectivity index (χ1) is 9.70. The van der Waals surface area contributed by atoms with Gasteiger partial charge < -0.3 is 4.74 Å². The van der Waals surface area contributed by atoms with Gasteiger partial charge in [0.2, 0.25) is 10.0 Å². The number of sulfonamides is 1. The van der Waals surface area contributed by atoms with Gasteiger partial charge in [-0.2, -0.15) is 9.40 Å². The summed E-state index contributed by atoms with van der Waals surface area (Å²) in [5.74, 6) is -0.841. The number of ether oxygens (including phenoxy) is 1. The Morgan fingerprint density at radius 3 is 2.43 bits per heavy atom. The van der Waals surface area contributed by atoms with Crippen molar-refractivity contribution in [2.75, 3.05) is 20.2 Å². The highest BCUT2D eigenvalue weighted by molar-refractivity contribution is 7.89. The molecule has 0 bridgehead atoms. The molecule has 1 aliphatic rings. The highest BCUT2D eigenvalue weighted by Gasteiger charge is 2.42. The maximum Gasteiger partial charge on any atom is 0.310 e. The fourth-order valence-corrected chi connectivity index (χ4v) is 4.80. The summed E-state index contributed by atoms with van der Waals surface area (Å²) in [4.78, 5) is 11.9. The molecule has 0 saturated carbocycles. The molecule has 1 aromatic rings. The van der Waals surface area contributed by atoms with Crippen LogP contribution in [-0.2, 0) is 26.6 Å². The highest BCUT2D eigenvalue weighted by Crippen LogP contribution is 2.31. The fraction of sp³-hybridized carbons (Fsp3) is 0.692. The molecule has 0 amide bonds. The van der Waals surface area contributed by atoms with Crippen LogP contribution in [0.1, 0.15) is 18.3 Å². The second-order valence-electron chi connectivity index (χ2n) is 5.55. The van der Waals surface area contributed by atoms with Crippen molar-refractivity contribution >= 4 is 16.0 Å². The number of aryl methyl sites for hydroxylation is 2. The summed E-state index contributed by atoms with van der Waals surface area (Å²) in [7, 11) is -0.610. The van der Waals surface area contributed by atoms with Crippen molar-refractivity contribution in [1.82, 2.24) is 14.1 Å². The van der Waals surface area contributed by atoms with Gasteiger partial charge >= 0.3 is 5.97 Å². The van der Waals surface area contributed by atoms with Gasteiger partial charge in [-0.25, -0.2) is 8.42 Å². The van der Waals surface area contributed by atoms with E-state index in [1.54, 1.807) is 25.6 Å². The zero-order valence-electron chi connectivity index (χ0n) is 13.0. The smallest absolute Gasteiger partial charge is 0.310 e. The molecule has 2 unspecified atom stereocenters.